The van der Waals surface area contributed by atoms with Gasteiger partial charge >= 0.3 is 0 Å². The fraction of sp³-hybridized carbons (Fsp3) is 0.455. The molecule has 0 radical (unpaired) electrons. The van der Waals surface area contributed by atoms with Crippen molar-refractivity contribution in [3.05, 3.63) is 34.2 Å². The number of rotatable bonds is 3. The van der Waals surface area contributed by atoms with E-state index in [-0.39, 0.29) is 17.5 Å². The summed E-state index contributed by atoms with van der Waals surface area (Å²) >= 11 is 0. The number of hydrogen-bond donors (Lipinski definition) is 1. The molecule has 1 rings (SSSR count). The number of carbonyl (C=O) groups is 1. The second kappa shape index (κ2) is 4.77. The molecule has 0 fully saturated rings. The summed E-state index contributed by atoms with van der Waals surface area (Å²) < 4.78 is 1.39. The SMILES string of the molecule is CCC(C)NC(=O)c1ccc(=O)n(C)c1. The van der Waals surface area contributed by atoms with E-state index < -0.39 is 0 Å². The van der Waals surface area contributed by atoms with Gasteiger partial charge in [0.25, 0.3) is 5.91 Å². The molecule has 0 saturated carbocycles. The number of amides is 1. The highest BCUT2D eigenvalue weighted by Crippen LogP contribution is 1.97. The maximum atomic E-state index is 11.7. The molecule has 1 aromatic heterocycles. The molecule has 1 aromatic rings. The van der Waals surface area contributed by atoms with Crippen LogP contribution in [0.4, 0.5) is 0 Å². The van der Waals surface area contributed by atoms with Crippen LogP contribution >= 0.6 is 0 Å². The zero-order chi connectivity index (χ0) is 11.4. The highest BCUT2D eigenvalue weighted by atomic mass is 16.2. The summed E-state index contributed by atoms with van der Waals surface area (Å²) in [5.41, 5.74) is 0.396. The summed E-state index contributed by atoms with van der Waals surface area (Å²) in [6.45, 7) is 3.95. The molecular formula is C11H16N2O2. The summed E-state index contributed by atoms with van der Waals surface area (Å²) in [4.78, 5) is 22.8. The van der Waals surface area contributed by atoms with Crippen molar-refractivity contribution < 1.29 is 4.79 Å². The van der Waals surface area contributed by atoms with E-state index in [9.17, 15) is 9.59 Å². The summed E-state index contributed by atoms with van der Waals surface area (Å²) in [7, 11) is 1.63. The lowest BCUT2D eigenvalue weighted by atomic mass is 10.2. The van der Waals surface area contributed by atoms with Gasteiger partial charge in [0.05, 0.1) is 5.56 Å². The summed E-state index contributed by atoms with van der Waals surface area (Å²) in [6, 6.07) is 3.08. The number of pyridine rings is 1. The van der Waals surface area contributed by atoms with Crippen molar-refractivity contribution in [2.75, 3.05) is 0 Å². The van der Waals surface area contributed by atoms with Gasteiger partial charge in [-0.1, -0.05) is 6.92 Å². The molecule has 0 saturated heterocycles. The van der Waals surface area contributed by atoms with Crippen molar-refractivity contribution in [1.29, 1.82) is 0 Å². The third-order valence-electron chi connectivity index (χ3n) is 2.34. The maximum absolute atomic E-state index is 11.7. The first-order valence-electron chi connectivity index (χ1n) is 5.02. The van der Waals surface area contributed by atoms with Crippen LogP contribution in [0.2, 0.25) is 0 Å². The molecule has 0 aliphatic rings. The van der Waals surface area contributed by atoms with Crippen LogP contribution in [0.15, 0.2) is 23.1 Å². The van der Waals surface area contributed by atoms with Gasteiger partial charge in [-0.3, -0.25) is 9.59 Å². The number of hydrogen-bond acceptors (Lipinski definition) is 2. The minimum atomic E-state index is -0.139. The predicted molar refractivity (Wildman–Crippen MR) is 58.9 cm³/mol. The van der Waals surface area contributed by atoms with Gasteiger partial charge in [0, 0.05) is 25.4 Å². The molecule has 1 atom stereocenters. The molecule has 82 valence electrons. The first kappa shape index (κ1) is 11.5. The van der Waals surface area contributed by atoms with Crippen LogP contribution < -0.4 is 10.9 Å². The normalized spacial score (nSPS) is 12.2. The summed E-state index contributed by atoms with van der Waals surface area (Å²) in [5, 5.41) is 2.84. The molecule has 0 aliphatic carbocycles. The van der Waals surface area contributed by atoms with Crippen molar-refractivity contribution in [3.63, 3.8) is 0 Å². The van der Waals surface area contributed by atoms with Gasteiger partial charge in [-0.25, -0.2) is 0 Å². The number of aryl methyl sites for hydroxylation is 1. The van der Waals surface area contributed by atoms with Crippen molar-refractivity contribution in [3.8, 4) is 0 Å². The van der Waals surface area contributed by atoms with E-state index in [0.717, 1.165) is 6.42 Å². The van der Waals surface area contributed by atoms with Crippen LogP contribution in [0.3, 0.4) is 0 Å². The van der Waals surface area contributed by atoms with Crippen molar-refractivity contribution in [2.45, 2.75) is 26.3 Å². The molecule has 4 heteroatoms. The third-order valence-corrected chi connectivity index (χ3v) is 2.34. The van der Waals surface area contributed by atoms with Gasteiger partial charge in [-0.15, -0.1) is 0 Å². The molecule has 0 spiro atoms. The van der Waals surface area contributed by atoms with Gasteiger partial charge in [-0.05, 0) is 19.4 Å². The molecule has 1 unspecified atom stereocenters. The van der Waals surface area contributed by atoms with E-state index in [0.29, 0.717) is 5.56 Å². The minimum absolute atomic E-state index is 0.116. The van der Waals surface area contributed by atoms with E-state index in [2.05, 4.69) is 5.32 Å². The predicted octanol–water partition coefficient (Wildman–Crippen LogP) is 0.914. The quantitative estimate of drug-likeness (QED) is 0.802. The fourth-order valence-corrected chi connectivity index (χ4v) is 1.14. The largest absolute Gasteiger partial charge is 0.350 e. The van der Waals surface area contributed by atoms with Crippen LogP contribution in [-0.2, 0) is 7.05 Å². The molecule has 4 nitrogen and oxygen atoms in total. The standard InChI is InChI=1S/C11H16N2O2/c1-4-8(2)12-11(15)9-5-6-10(14)13(3)7-9/h5-8H,4H2,1-3H3,(H,12,15). The second-order valence-electron chi connectivity index (χ2n) is 3.65. The second-order valence-corrected chi connectivity index (χ2v) is 3.65. The molecule has 0 bridgehead atoms. The van der Waals surface area contributed by atoms with Gasteiger partial charge in [0.2, 0.25) is 5.56 Å². The third kappa shape index (κ3) is 2.94. The number of carbonyl (C=O) groups excluding carboxylic acids is 1. The Balaban J connectivity index is 2.83. The molecule has 15 heavy (non-hydrogen) atoms. The molecule has 0 aromatic carbocycles. The average molecular weight is 208 g/mol. The van der Waals surface area contributed by atoms with Crippen molar-refractivity contribution in [2.24, 2.45) is 7.05 Å². The monoisotopic (exact) mass is 208 g/mol. The van der Waals surface area contributed by atoms with E-state index in [1.54, 1.807) is 19.3 Å². The van der Waals surface area contributed by atoms with E-state index in [1.807, 2.05) is 13.8 Å². The first-order chi connectivity index (χ1) is 7.04. The maximum Gasteiger partial charge on any atom is 0.252 e. The van der Waals surface area contributed by atoms with E-state index in [4.69, 9.17) is 0 Å². The Morgan fingerprint density at radius 3 is 2.73 bits per heavy atom. The smallest absolute Gasteiger partial charge is 0.252 e. The molecule has 1 amide bonds. The Morgan fingerprint density at radius 2 is 2.20 bits per heavy atom. The average Bonchev–Trinajstić information content (AvgIpc) is 2.21. The number of nitrogens with zero attached hydrogens (tertiary/aromatic N) is 1. The van der Waals surface area contributed by atoms with Gasteiger partial charge < -0.3 is 9.88 Å². The Hall–Kier alpha value is -1.58. The van der Waals surface area contributed by atoms with Crippen molar-refractivity contribution >= 4 is 5.91 Å². The van der Waals surface area contributed by atoms with Crippen LogP contribution in [-0.4, -0.2) is 16.5 Å². The lowest BCUT2D eigenvalue weighted by Gasteiger charge is -2.11. The van der Waals surface area contributed by atoms with Gasteiger partial charge in [0.1, 0.15) is 0 Å². The molecule has 0 aliphatic heterocycles. The van der Waals surface area contributed by atoms with Crippen LogP contribution in [0.5, 0.6) is 0 Å². The summed E-state index contributed by atoms with van der Waals surface area (Å²) in [5.74, 6) is -0.139. The number of nitrogens with one attached hydrogen (secondary N) is 1. The van der Waals surface area contributed by atoms with Crippen molar-refractivity contribution in [1.82, 2.24) is 9.88 Å². The molecular weight excluding hydrogens is 192 g/mol. The van der Waals surface area contributed by atoms with Crippen LogP contribution in [0, 0.1) is 0 Å². The Labute approximate surface area is 88.9 Å². The van der Waals surface area contributed by atoms with E-state index >= 15 is 0 Å². The molecule has 1 N–H and O–H groups in total. The van der Waals surface area contributed by atoms with Gasteiger partial charge in [0.15, 0.2) is 0 Å². The Bertz CT molecular complexity index is 409. The Kier molecular flexibility index (Phi) is 3.66. The van der Waals surface area contributed by atoms with E-state index in [1.165, 1.54) is 10.6 Å². The zero-order valence-corrected chi connectivity index (χ0v) is 9.28. The topological polar surface area (TPSA) is 51.1 Å². The van der Waals surface area contributed by atoms with Gasteiger partial charge in [-0.2, -0.15) is 0 Å². The van der Waals surface area contributed by atoms with Crippen LogP contribution in [0.1, 0.15) is 30.6 Å². The zero-order valence-electron chi connectivity index (χ0n) is 9.28. The lowest BCUT2D eigenvalue weighted by molar-refractivity contribution is 0.0938. The number of aromatic nitrogens is 1. The molecule has 1 heterocycles. The fourth-order valence-electron chi connectivity index (χ4n) is 1.14. The highest BCUT2D eigenvalue weighted by Gasteiger charge is 2.08. The lowest BCUT2D eigenvalue weighted by Crippen LogP contribution is -2.32. The van der Waals surface area contributed by atoms with Crippen LogP contribution in [0.25, 0.3) is 0 Å². The first-order valence-corrected chi connectivity index (χ1v) is 5.02. The minimum Gasteiger partial charge on any atom is -0.350 e. The Morgan fingerprint density at radius 1 is 1.53 bits per heavy atom. The highest BCUT2D eigenvalue weighted by molar-refractivity contribution is 5.93. The summed E-state index contributed by atoms with van der Waals surface area (Å²) in [6.07, 6.45) is 2.43.